The molecule has 0 aromatic carbocycles. The maximum atomic E-state index is 11.3. The second kappa shape index (κ2) is 8.05. The molecule has 8 nitrogen and oxygen atoms in total. The van der Waals surface area contributed by atoms with Crippen LogP contribution in [0.1, 0.15) is 41.5 Å². The van der Waals surface area contributed by atoms with Crippen molar-refractivity contribution in [2.24, 2.45) is 11.0 Å². The molecule has 1 heterocycles. The number of nitrogens with zero attached hydrogens (tertiary/aromatic N) is 3. The zero-order valence-electron chi connectivity index (χ0n) is 16.4. The summed E-state index contributed by atoms with van der Waals surface area (Å²) in [5, 5.41) is 14.2. The molecule has 0 amide bonds. The highest BCUT2D eigenvalue weighted by Crippen LogP contribution is 2.46. The summed E-state index contributed by atoms with van der Waals surface area (Å²) in [7, 11) is -2.29. The number of aliphatic hydroxyl groups excluding tert-OH is 1. The van der Waals surface area contributed by atoms with Crippen molar-refractivity contribution in [3.8, 4) is 0 Å². The summed E-state index contributed by atoms with van der Waals surface area (Å²) in [5.74, 6) is -0.152. The normalized spacial score (nSPS) is 30.7. The molecule has 25 heavy (non-hydrogen) atoms. The molecule has 1 N–H and O–H groups in total. The van der Waals surface area contributed by atoms with Crippen molar-refractivity contribution < 1.29 is 23.8 Å². The van der Waals surface area contributed by atoms with Crippen molar-refractivity contribution in [1.29, 1.82) is 0 Å². The van der Waals surface area contributed by atoms with Gasteiger partial charge in [-0.1, -0.05) is 32.8 Å². The molecule has 9 heteroatoms. The predicted octanol–water partition coefficient (Wildman–Crippen LogP) is 3.36. The molecule has 2 unspecified atom stereocenters. The van der Waals surface area contributed by atoms with Crippen LogP contribution in [0.15, 0.2) is 5.11 Å². The molecule has 0 aromatic heterocycles. The van der Waals surface area contributed by atoms with E-state index in [-0.39, 0.29) is 5.04 Å². The second-order valence-corrected chi connectivity index (χ2v) is 12.5. The van der Waals surface area contributed by atoms with Crippen LogP contribution in [0.3, 0.4) is 0 Å². The smallest absolute Gasteiger partial charge is 0.303 e. The lowest BCUT2D eigenvalue weighted by Gasteiger charge is -2.48. The van der Waals surface area contributed by atoms with Crippen LogP contribution in [0.2, 0.25) is 18.1 Å². The van der Waals surface area contributed by atoms with E-state index in [4.69, 9.17) is 19.4 Å². The molecule has 0 saturated carbocycles. The van der Waals surface area contributed by atoms with Gasteiger partial charge in [-0.2, -0.15) is 0 Å². The van der Waals surface area contributed by atoms with Crippen LogP contribution in [0.5, 0.6) is 0 Å². The molecule has 0 aliphatic carbocycles. The standard InChI is InChI=1S/C16H31N3O5Si/c1-9(2)16(5,6)25(7,8)24-15-12(18-19-17)13(21)14(10(3)22-15)23-11(4)20/h9-10,12-15,21H,1-8H3/t10?,12?,13-,14-,15+/m1/s1. The number of azide groups is 1. The van der Waals surface area contributed by atoms with E-state index in [0.29, 0.717) is 5.92 Å². The first-order valence-corrected chi connectivity index (χ1v) is 11.5. The van der Waals surface area contributed by atoms with Gasteiger partial charge in [-0.15, -0.1) is 0 Å². The molecule has 1 fully saturated rings. The lowest BCUT2D eigenvalue weighted by atomic mass is 9.98. The number of aliphatic hydroxyl groups is 1. The fourth-order valence-electron chi connectivity index (χ4n) is 2.78. The summed E-state index contributed by atoms with van der Waals surface area (Å²) >= 11 is 0. The van der Waals surface area contributed by atoms with E-state index >= 15 is 0 Å². The van der Waals surface area contributed by atoms with Gasteiger partial charge in [0.05, 0.1) is 6.10 Å². The Labute approximate surface area is 150 Å². The minimum absolute atomic E-state index is 0.0712. The summed E-state index contributed by atoms with van der Waals surface area (Å²) in [5.41, 5.74) is 8.87. The van der Waals surface area contributed by atoms with Gasteiger partial charge in [0.25, 0.3) is 0 Å². The zero-order valence-corrected chi connectivity index (χ0v) is 17.4. The highest BCUT2D eigenvalue weighted by molar-refractivity contribution is 6.74. The molecule has 1 saturated heterocycles. The molecule has 5 atom stereocenters. The topological polar surface area (TPSA) is 114 Å². The molecule has 0 spiro atoms. The molecule has 0 aromatic rings. The van der Waals surface area contributed by atoms with E-state index in [0.717, 1.165) is 0 Å². The van der Waals surface area contributed by atoms with Crippen molar-refractivity contribution in [2.75, 3.05) is 0 Å². The SMILES string of the molecule is CC(=O)O[C@@H]1C(C)O[C@@H](O[Si](C)(C)C(C)(C)C(C)C)C(N=[N+]=[N-])[C@H]1O. The molecular weight excluding hydrogens is 342 g/mol. The predicted molar refractivity (Wildman–Crippen MR) is 96.3 cm³/mol. The summed E-state index contributed by atoms with van der Waals surface area (Å²) in [4.78, 5) is 14.1. The first kappa shape index (κ1) is 21.9. The van der Waals surface area contributed by atoms with Gasteiger partial charge in [0, 0.05) is 11.8 Å². The molecule has 144 valence electrons. The Morgan fingerprint density at radius 1 is 1.40 bits per heavy atom. The largest absolute Gasteiger partial charge is 0.457 e. The Bertz CT molecular complexity index is 534. The fourth-order valence-corrected chi connectivity index (χ4v) is 5.25. The Kier molecular flexibility index (Phi) is 7.06. The summed E-state index contributed by atoms with van der Waals surface area (Å²) in [6.07, 6.45) is -3.57. The molecule has 0 bridgehead atoms. The first-order chi connectivity index (χ1) is 11.3. The maximum Gasteiger partial charge on any atom is 0.303 e. The van der Waals surface area contributed by atoms with Crippen LogP contribution < -0.4 is 0 Å². The lowest BCUT2D eigenvalue weighted by molar-refractivity contribution is -0.238. The van der Waals surface area contributed by atoms with Gasteiger partial charge in [-0.3, -0.25) is 4.79 Å². The summed E-state index contributed by atoms with van der Waals surface area (Å²) in [6.45, 7) is 15.7. The Morgan fingerprint density at radius 2 is 1.96 bits per heavy atom. The minimum Gasteiger partial charge on any atom is -0.457 e. The van der Waals surface area contributed by atoms with Gasteiger partial charge < -0.3 is 19.0 Å². The van der Waals surface area contributed by atoms with E-state index in [9.17, 15) is 9.90 Å². The average molecular weight is 374 g/mol. The van der Waals surface area contributed by atoms with Crippen LogP contribution >= 0.6 is 0 Å². The van der Waals surface area contributed by atoms with Crippen LogP contribution in [0.25, 0.3) is 10.4 Å². The van der Waals surface area contributed by atoms with Crippen molar-refractivity contribution in [3.63, 3.8) is 0 Å². The van der Waals surface area contributed by atoms with Crippen molar-refractivity contribution in [3.05, 3.63) is 10.4 Å². The van der Waals surface area contributed by atoms with Crippen molar-refractivity contribution in [2.45, 2.75) is 90.3 Å². The van der Waals surface area contributed by atoms with Gasteiger partial charge in [0.15, 0.2) is 20.7 Å². The van der Waals surface area contributed by atoms with Crippen molar-refractivity contribution >= 4 is 14.3 Å². The number of hydrogen-bond donors (Lipinski definition) is 1. The quantitative estimate of drug-likeness (QED) is 0.252. The number of carbonyl (C=O) groups is 1. The Morgan fingerprint density at radius 3 is 2.40 bits per heavy atom. The molecule has 0 radical (unpaired) electrons. The van der Waals surface area contributed by atoms with Crippen LogP contribution in [-0.4, -0.2) is 50.0 Å². The summed E-state index contributed by atoms with van der Waals surface area (Å²) < 4.78 is 17.3. The maximum absolute atomic E-state index is 11.3. The third-order valence-corrected chi connectivity index (χ3v) is 10.2. The van der Waals surface area contributed by atoms with E-state index in [1.807, 2.05) is 0 Å². The third kappa shape index (κ3) is 4.74. The first-order valence-electron chi connectivity index (χ1n) is 8.58. The van der Waals surface area contributed by atoms with Crippen LogP contribution in [-0.2, 0) is 18.7 Å². The zero-order chi connectivity index (χ0) is 19.6. The number of carbonyl (C=O) groups excluding carboxylic acids is 1. The Balaban J connectivity index is 3.10. The third-order valence-electron chi connectivity index (χ3n) is 5.67. The Hall–Kier alpha value is -1.12. The molecule has 1 aliphatic heterocycles. The van der Waals surface area contributed by atoms with E-state index in [1.165, 1.54) is 6.92 Å². The monoisotopic (exact) mass is 373 g/mol. The molecule has 1 rings (SSSR count). The summed E-state index contributed by atoms with van der Waals surface area (Å²) in [6, 6.07) is -0.986. The molecule has 1 aliphatic rings. The number of hydrogen-bond acceptors (Lipinski definition) is 6. The van der Waals surface area contributed by atoms with Gasteiger partial charge in [0.2, 0.25) is 0 Å². The fraction of sp³-hybridized carbons (Fsp3) is 0.938. The van der Waals surface area contributed by atoms with Crippen molar-refractivity contribution in [1.82, 2.24) is 0 Å². The van der Waals surface area contributed by atoms with Gasteiger partial charge in [-0.25, -0.2) is 0 Å². The lowest BCUT2D eigenvalue weighted by Crippen LogP contribution is -2.61. The number of rotatable bonds is 6. The van der Waals surface area contributed by atoms with E-state index < -0.39 is 44.9 Å². The average Bonchev–Trinajstić information content (AvgIpc) is 2.46. The highest BCUT2D eigenvalue weighted by atomic mass is 28.4. The molecular formula is C16H31N3O5Si. The van der Waals surface area contributed by atoms with Gasteiger partial charge in [0.1, 0.15) is 12.1 Å². The minimum atomic E-state index is -2.29. The second-order valence-electron chi connectivity index (χ2n) is 7.97. The number of ether oxygens (including phenoxy) is 2. The number of esters is 1. The van der Waals surface area contributed by atoms with Gasteiger partial charge >= 0.3 is 5.97 Å². The van der Waals surface area contributed by atoms with Gasteiger partial charge in [-0.05, 0) is 36.5 Å². The van der Waals surface area contributed by atoms with E-state index in [1.54, 1.807) is 6.92 Å². The highest BCUT2D eigenvalue weighted by Gasteiger charge is 2.51. The van der Waals surface area contributed by atoms with Crippen LogP contribution in [0.4, 0.5) is 0 Å². The van der Waals surface area contributed by atoms with Crippen LogP contribution in [0, 0.1) is 5.92 Å². The van der Waals surface area contributed by atoms with E-state index in [2.05, 4.69) is 50.8 Å².